The van der Waals surface area contributed by atoms with Crippen LogP contribution in [-0.2, 0) is 35.5 Å². The number of anilines is 2. The van der Waals surface area contributed by atoms with Gasteiger partial charge in [-0.25, -0.2) is 14.6 Å². The summed E-state index contributed by atoms with van der Waals surface area (Å²) in [6.45, 7) is 2.21. The number of carboxylic acids is 2. The third kappa shape index (κ3) is 7.97. The number of amides is 3. The van der Waals surface area contributed by atoms with E-state index in [-0.39, 0.29) is 52.3 Å². The van der Waals surface area contributed by atoms with Crippen LogP contribution in [0.2, 0.25) is 0 Å². The maximum absolute atomic E-state index is 13.3. The fourth-order valence-corrected chi connectivity index (χ4v) is 6.62. The summed E-state index contributed by atoms with van der Waals surface area (Å²) in [5.74, 6) is -6.36. The molecular weight excluding hydrogens is 711 g/mol. The summed E-state index contributed by atoms with van der Waals surface area (Å²) in [6, 6.07) is 9.98. The van der Waals surface area contributed by atoms with Crippen molar-refractivity contribution >= 4 is 69.3 Å². The number of thiazole rings is 1. The molecule has 2 aliphatic rings. The molecule has 1 saturated heterocycles. The lowest BCUT2D eigenvalue weighted by molar-refractivity contribution is -0.161. The van der Waals surface area contributed by atoms with Crippen LogP contribution in [0.4, 0.5) is 10.8 Å². The van der Waals surface area contributed by atoms with E-state index in [1.807, 2.05) is 30.3 Å². The van der Waals surface area contributed by atoms with E-state index in [0.717, 1.165) is 45.7 Å². The Morgan fingerprint density at radius 1 is 1.12 bits per heavy atom. The van der Waals surface area contributed by atoms with Crippen LogP contribution in [0.15, 0.2) is 64.3 Å². The first-order chi connectivity index (χ1) is 24.2. The van der Waals surface area contributed by atoms with Crippen LogP contribution in [0.3, 0.4) is 0 Å². The number of aliphatic carboxylic acids is 2. The first kappa shape index (κ1) is 36.4. The molecule has 2 aliphatic heterocycles. The summed E-state index contributed by atoms with van der Waals surface area (Å²) < 4.78 is 0. The van der Waals surface area contributed by atoms with Crippen molar-refractivity contribution in [3.8, 4) is 11.5 Å². The SMILES string of the molecule is CC(C)(ON=C(C(=O)NC1C(=O)N2C(C(=O)O)=C(CNC(=O)c3cc(O)c(O)cc3NOCc3ccccc3)CS[C@@H]12)c1csc(N)n1)C(=O)O. The van der Waals surface area contributed by atoms with Gasteiger partial charge in [0.2, 0.25) is 5.60 Å². The van der Waals surface area contributed by atoms with Crippen LogP contribution in [-0.4, -0.2) is 95.0 Å². The van der Waals surface area contributed by atoms with Crippen molar-refractivity contribution in [2.45, 2.75) is 37.5 Å². The molecule has 51 heavy (non-hydrogen) atoms. The smallest absolute Gasteiger partial charge is 0.352 e. The van der Waals surface area contributed by atoms with Crippen LogP contribution in [0.25, 0.3) is 0 Å². The summed E-state index contributed by atoms with van der Waals surface area (Å²) in [6.07, 6.45) is 0. The van der Waals surface area contributed by atoms with E-state index in [1.165, 1.54) is 19.2 Å². The van der Waals surface area contributed by atoms with Crippen molar-refractivity contribution in [3.63, 3.8) is 0 Å². The van der Waals surface area contributed by atoms with Gasteiger partial charge in [-0.05, 0) is 31.1 Å². The zero-order valence-corrected chi connectivity index (χ0v) is 28.4. The number of nitrogens with one attached hydrogen (secondary N) is 3. The van der Waals surface area contributed by atoms with E-state index in [9.17, 15) is 44.4 Å². The molecule has 1 fully saturated rings. The average molecular weight is 742 g/mol. The molecule has 268 valence electrons. The lowest BCUT2D eigenvalue weighted by atomic mass is 10.0. The third-order valence-electron chi connectivity index (χ3n) is 7.48. The summed E-state index contributed by atoms with van der Waals surface area (Å²) in [5.41, 5.74) is 6.45. The molecule has 0 radical (unpaired) electrons. The fourth-order valence-electron chi connectivity index (χ4n) is 4.73. The lowest BCUT2D eigenvalue weighted by Gasteiger charge is -2.49. The standard InChI is InChI=1S/C31H31N7O11S2/c1-31(2,29(46)47)49-37-21(18-13-51-30(32)34-18)25(42)35-22-26(43)38-23(28(44)45)15(12-50-27(22)38)10-33-24(41)16-8-19(39)20(40)9-17(16)36-48-11-14-6-4-3-5-7-14/h3-9,13,22,27,36,39-40H,10-12H2,1-2H3,(H2,32,34)(H,33,41)(H,35,42)(H,44,45)(H,46,47)/t22?,27-/m0/s1. The highest BCUT2D eigenvalue weighted by molar-refractivity contribution is 8.00. The molecule has 5 rings (SSSR count). The third-order valence-corrected chi connectivity index (χ3v) is 9.50. The summed E-state index contributed by atoms with van der Waals surface area (Å²) in [4.78, 5) is 79.3. The molecule has 0 saturated carbocycles. The van der Waals surface area contributed by atoms with Crippen LogP contribution < -0.4 is 21.8 Å². The summed E-state index contributed by atoms with van der Waals surface area (Å²) in [5, 5.41) is 48.9. The minimum atomic E-state index is -1.82. The molecule has 3 amide bonds. The topological polar surface area (TPSA) is 275 Å². The largest absolute Gasteiger partial charge is 0.504 e. The molecule has 0 spiro atoms. The highest BCUT2D eigenvalue weighted by atomic mass is 32.2. The zero-order valence-electron chi connectivity index (χ0n) is 26.8. The summed E-state index contributed by atoms with van der Waals surface area (Å²) >= 11 is 2.10. The molecule has 1 aromatic heterocycles. The Kier molecular flexibility index (Phi) is 10.7. The fraction of sp³-hybridized carbons (Fsp3) is 0.258. The van der Waals surface area contributed by atoms with E-state index < -0.39 is 63.9 Å². The lowest BCUT2D eigenvalue weighted by Crippen LogP contribution is -2.71. The average Bonchev–Trinajstić information content (AvgIpc) is 3.52. The second kappa shape index (κ2) is 14.9. The zero-order chi connectivity index (χ0) is 37.0. The number of carboxylic acid groups (broad SMARTS) is 2. The second-order valence-corrected chi connectivity index (χ2v) is 13.5. The molecule has 9 N–H and O–H groups in total. The Labute approximate surface area is 296 Å². The second-order valence-electron chi connectivity index (χ2n) is 11.5. The van der Waals surface area contributed by atoms with Gasteiger partial charge in [-0.2, -0.15) is 0 Å². The number of nitrogens with two attached hydrogens (primary N) is 1. The number of thioether (sulfide) groups is 1. The predicted octanol–water partition coefficient (Wildman–Crippen LogP) is 1.43. The van der Waals surface area contributed by atoms with Crippen molar-refractivity contribution in [3.05, 3.63) is 75.9 Å². The van der Waals surface area contributed by atoms with Crippen LogP contribution in [0.1, 0.15) is 35.5 Å². The van der Waals surface area contributed by atoms with Gasteiger partial charge in [0.1, 0.15) is 22.8 Å². The van der Waals surface area contributed by atoms with E-state index >= 15 is 0 Å². The van der Waals surface area contributed by atoms with Crippen molar-refractivity contribution in [1.82, 2.24) is 20.5 Å². The van der Waals surface area contributed by atoms with Crippen molar-refractivity contribution < 1.29 is 54.1 Å². The van der Waals surface area contributed by atoms with Crippen LogP contribution in [0.5, 0.6) is 11.5 Å². The van der Waals surface area contributed by atoms with E-state index in [0.29, 0.717) is 0 Å². The Hall–Kier alpha value is -5.86. The number of β-lactam (4-membered cyclic amide) rings is 1. The maximum atomic E-state index is 13.3. The number of phenols is 2. The minimum Gasteiger partial charge on any atom is -0.504 e. The number of nitrogen functional groups attached to an aromatic ring is 1. The van der Waals surface area contributed by atoms with Gasteiger partial charge in [-0.15, -0.1) is 23.1 Å². The van der Waals surface area contributed by atoms with E-state index in [4.69, 9.17) is 15.4 Å². The van der Waals surface area contributed by atoms with E-state index in [2.05, 4.69) is 26.3 Å². The number of carbonyl (C=O) groups excluding carboxylic acids is 3. The number of fused-ring (bicyclic) bond motifs is 1. The number of hydrogen-bond donors (Lipinski definition) is 8. The summed E-state index contributed by atoms with van der Waals surface area (Å²) in [7, 11) is 0. The number of rotatable bonds is 14. The number of oxime groups is 1. The van der Waals surface area contributed by atoms with E-state index in [1.54, 1.807) is 0 Å². The normalized spacial score (nSPS) is 17.3. The van der Waals surface area contributed by atoms with Gasteiger partial charge in [0.05, 0.1) is 17.9 Å². The highest BCUT2D eigenvalue weighted by Crippen LogP contribution is 2.40. The number of carbonyl (C=O) groups is 5. The van der Waals surface area contributed by atoms with Gasteiger partial charge < -0.3 is 41.6 Å². The van der Waals surface area contributed by atoms with Gasteiger partial charge in [0.25, 0.3) is 17.7 Å². The molecule has 0 aliphatic carbocycles. The Morgan fingerprint density at radius 3 is 2.47 bits per heavy atom. The Bertz CT molecular complexity index is 1950. The van der Waals surface area contributed by atoms with Crippen LogP contribution in [0, 0.1) is 0 Å². The molecular formula is C31H31N7O11S2. The molecule has 18 nitrogen and oxygen atoms in total. The van der Waals surface area contributed by atoms with Gasteiger partial charge in [0.15, 0.2) is 22.3 Å². The molecule has 0 bridgehead atoms. The highest BCUT2D eigenvalue weighted by Gasteiger charge is 2.54. The quantitative estimate of drug-likeness (QED) is 0.0382. The maximum Gasteiger partial charge on any atom is 0.352 e. The molecule has 3 aromatic rings. The number of aromatic nitrogens is 1. The Balaban J connectivity index is 1.28. The molecule has 2 aromatic carbocycles. The van der Waals surface area contributed by atoms with Gasteiger partial charge in [-0.1, -0.05) is 35.5 Å². The molecule has 3 heterocycles. The monoisotopic (exact) mass is 741 g/mol. The van der Waals surface area contributed by atoms with Crippen molar-refractivity contribution in [2.75, 3.05) is 23.5 Å². The van der Waals surface area contributed by atoms with Crippen LogP contribution >= 0.6 is 23.1 Å². The van der Waals surface area contributed by atoms with Crippen molar-refractivity contribution in [2.24, 2.45) is 5.16 Å². The number of aromatic hydroxyl groups is 2. The molecule has 1 unspecified atom stereocenters. The predicted molar refractivity (Wildman–Crippen MR) is 183 cm³/mol. The molecule has 2 atom stereocenters. The van der Waals surface area contributed by atoms with Crippen molar-refractivity contribution in [1.29, 1.82) is 0 Å². The number of benzene rings is 2. The first-order valence-corrected chi connectivity index (χ1v) is 16.8. The number of nitrogens with zero attached hydrogens (tertiary/aromatic N) is 3. The number of hydrogen-bond acceptors (Lipinski definition) is 15. The minimum absolute atomic E-state index is 0.0147. The first-order valence-electron chi connectivity index (χ1n) is 14.9. The number of phenolic OH excluding ortho intramolecular Hbond substituents is 2. The Morgan fingerprint density at radius 2 is 1.82 bits per heavy atom. The van der Waals surface area contributed by atoms with Gasteiger partial charge >= 0.3 is 11.9 Å². The molecule has 20 heteroatoms. The van der Waals surface area contributed by atoms with Gasteiger partial charge in [-0.3, -0.25) is 29.6 Å². The van der Waals surface area contributed by atoms with Gasteiger partial charge in [0, 0.05) is 23.7 Å².